The lowest BCUT2D eigenvalue weighted by Gasteiger charge is -2.16. The van der Waals surface area contributed by atoms with Gasteiger partial charge < -0.3 is 19.3 Å². The molecule has 2 aliphatic rings. The molecule has 0 bridgehead atoms. The fourth-order valence-electron chi connectivity index (χ4n) is 2.38. The second kappa shape index (κ2) is 4.67. The highest BCUT2D eigenvalue weighted by atomic mass is 16.8. The van der Waals surface area contributed by atoms with Crippen LogP contribution in [-0.2, 0) is 14.2 Å². The number of rotatable bonds is 2. The predicted octanol–water partition coefficient (Wildman–Crippen LogP) is 0.752. The lowest BCUT2D eigenvalue weighted by molar-refractivity contribution is -0.129. The quantitative estimate of drug-likeness (QED) is 0.835. The van der Waals surface area contributed by atoms with Gasteiger partial charge in [0.2, 0.25) is 0 Å². The first-order valence-corrected chi connectivity index (χ1v) is 5.85. The molecular weight excluding hydrogens is 234 g/mol. The maximum Gasteiger partial charge on any atom is 0.185 e. The molecule has 0 aliphatic carbocycles. The molecule has 0 saturated carbocycles. The van der Waals surface area contributed by atoms with E-state index in [9.17, 15) is 5.11 Å². The van der Waals surface area contributed by atoms with Crippen molar-refractivity contribution < 1.29 is 19.3 Å². The summed E-state index contributed by atoms with van der Waals surface area (Å²) < 4.78 is 16.8. The van der Waals surface area contributed by atoms with Gasteiger partial charge in [0.05, 0.1) is 12.7 Å². The van der Waals surface area contributed by atoms with Crippen molar-refractivity contribution in [3.05, 3.63) is 35.9 Å². The van der Waals surface area contributed by atoms with Gasteiger partial charge in [-0.3, -0.25) is 0 Å². The number of aliphatic hydroxyl groups is 1. The van der Waals surface area contributed by atoms with Crippen LogP contribution in [0.1, 0.15) is 11.9 Å². The fourth-order valence-corrected chi connectivity index (χ4v) is 2.38. The lowest BCUT2D eigenvalue weighted by atomic mass is 10.1. The number of benzene rings is 1. The Bertz CT molecular complexity index is 458. The molecule has 0 aromatic heterocycles. The number of aliphatic hydroxyl groups excluding tert-OH is 1. The summed E-state index contributed by atoms with van der Waals surface area (Å²) in [4.78, 5) is 0. The number of nitriles is 1. The zero-order chi connectivity index (χ0) is 12.5. The van der Waals surface area contributed by atoms with Crippen molar-refractivity contribution in [3.8, 4) is 6.07 Å². The molecule has 1 aromatic rings. The van der Waals surface area contributed by atoms with Crippen LogP contribution in [0.5, 0.6) is 0 Å². The highest BCUT2D eigenvalue weighted by Crippen LogP contribution is 2.39. The molecule has 2 heterocycles. The Kier molecular flexibility index (Phi) is 3.02. The minimum Gasteiger partial charge on any atom is -0.394 e. The number of hydrogen-bond acceptors (Lipinski definition) is 5. The van der Waals surface area contributed by atoms with Gasteiger partial charge in [0.15, 0.2) is 12.4 Å². The van der Waals surface area contributed by atoms with Crippen LogP contribution in [0.4, 0.5) is 0 Å². The Morgan fingerprint density at radius 2 is 1.83 bits per heavy atom. The molecule has 0 radical (unpaired) electrons. The Morgan fingerprint density at radius 1 is 1.11 bits per heavy atom. The second-order valence-corrected chi connectivity index (χ2v) is 4.35. The molecule has 3 rings (SSSR count). The van der Waals surface area contributed by atoms with Crippen molar-refractivity contribution in [1.29, 1.82) is 5.26 Å². The summed E-state index contributed by atoms with van der Waals surface area (Å²) in [5.41, 5.74) is 0.903. The van der Waals surface area contributed by atoms with E-state index in [2.05, 4.69) is 0 Å². The Labute approximate surface area is 105 Å². The number of ether oxygens (including phenoxy) is 3. The largest absolute Gasteiger partial charge is 0.394 e. The molecule has 1 N–H and O–H groups in total. The molecule has 5 unspecified atom stereocenters. The van der Waals surface area contributed by atoms with Gasteiger partial charge in [-0.15, -0.1) is 0 Å². The first-order chi connectivity index (χ1) is 8.83. The third-order valence-corrected chi connectivity index (χ3v) is 3.25. The highest BCUT2D eigenvalue weighted by Gasteiger charge is 2.52. The summed E-state index contributed by atoms with van der Waals surface area (Å²) in [5.74, 6) is 0. The van der Waals surface area contributed by atoms with Gasteiger partial charge in [0.25, 0.3) is 0 Å². The maximum atomic E-state index is 9.21. The minimum absolute atomic E-state index is 0.176. The molecule has 5 nitrogen and oxygen atoms in total. The van der Waals surface area contributed by atoms with Crippen molar-refractivity contribution in [1.82, 2.24) is 0 Å². The summed E-state index contributed by atoms with van der Waals surface area (Å²) in [5, 5.41) is 18.2. The van der Waals surface area contributed by atoms with Gasteiger partial charge in [-0.1, -0.05) is 30.3 Å². The van der Waals surface area contributed by atoms with Crippen molar-refractivity contribution in [2.45, 2.75) is 30.7 Å². The average molecular weight is 247 g/mol. The number of fused-ring (bicyclic) bond motifs is 1. The van der Waals surface area contributed by atoms with Crippen molar-refractivity contribution in [2.75, 3.05) is 6.61 Å². The van der Waals surface area contributed by atoms with E-state index in [-0.39, 0.29) is 12.7 Å². The van der Waals surface area contributed by atoms with Crippen LogP contribution in [0.25, 0.3) is 0 Å². The van der Waals surface area contributed by atoms with Gasteiger partial charge in [0, 0.05) is 5.56 Å². The van der Waals surface area contributed by atoms with Gasteiger partial charge in [-0.2, -0.15) is 5.26 Å². The molecule has 2 aliphatic heterocycles. The zero-order valence-corrected chi connectivity index (χ0v) is 9.60. The van der Waals surface area contributed by atoms with E-state index >= 15 is 0 Å². The van der Waals surface area contributed by atoms with E-state index in [0.717, 1.165) is 5.56 Å². The van der Waals surface area contributed by atoms with E-state index in [1.165, 1.54) is 0 Å². The van der Waals surface area contributed by atoms with Crippen LogP contribution < -0.4 is 0 Å². The van der Waals surface area contributed by atoms with Crippen LogP contribution in [0.15, 0.2) is 30.3 Å². The predicted molar refractivity (Wildman–Crippen MR) is 60.3 cm³/mol. The normalized spacial score (nSPS) is 38.3. The number of nitrogens with zero attached hydrogens (tertiary/aromatic N) is 1. The van der Waals surface area contributed by atoms with Gasteiger partial charge >= 0.3 is 0 Å². The molecule has 94 valence electrons. The third kappa shape index (κ3) is 1.80. The topological polar surface area (TPSA) is 71.7 Å². The van der Waals surface area contributed by atoms with E-state index in [0.29, 0.717) is 0 Å². The summed E-state index contributed by atoms with van der Waals surface area (Å²) >= 11 is 0. The molecule has 0 spiro atoms. The van der Waals surface area contributed by atoms with E-state index in [4.69, 9.17) is 19.5 Å². The second-order valence-electron chi connectivity index (χ2n) is 4.35. The molecule has 5 atom stereocenters. The first kappa shape index (κ1) is 11.6. The Hall–Kier alpha value is -1.45. The molecule has 0 amide bonds. The van der Waals surface area contributed by atoms with Crippen LogP contribution in [0.2, 0.25) is 0 Å². The average Bonchev–Trinajstić information content (AvgIpc) is 2.98. The van der Waals surface area contributed by atoms with E-state index < -0.39 is 24.6 Å². The SMILES string of the molecule is N#CC1OC(CO)C2OC(c3ccccc3)OC12. The zero-order valence-electron chi connectivity index (χ0n) is 9.60. The molecule has 18 heavy (non-hydrogen) atoms. The van der Waals surface area contributed by atoms with Crippen LogP contribution >= 0.6 is 0 Å². The molecule has 1 aromatic carbocycles. The molecule has 2 fully saturated rings. The van der Waals surface area contributed by atoms with Gasteiger partial charge in [-0.05, 0) is 0 Å². The first-order valence-electron chi connectivity index (χ1n) is 5.85. The third-order valence-electron chi connectivity index (χ3n) is 3.25. The van der Waals surface area contributed by atoms with Crippen LogP contribution in [0, 0.1) is 11.3 Å². The summed E-state index contributed by atoms with van der Waals surface area (Å²) in [6.45, 7) is -0.176. The Morgan fingerprint density at radius 3 is 2.50 bits per heavy atom. The minimum atomic E-state index is -0.680. The fraction of sp³-hybridized carbons (Fsp3) is 0.462. The summed E-state index contributed by atoms with van der Waals surface area (Å²) in [7, 11) is 0. The smallest absolute Gasteiger partial charge is 0.185 e. The lowest BCUT2D eigenvalue weighted by Crippen LogP contribution is -2.30. The highest BCUT2D eigenvalue weighted by molar-refractivity contribution is 5.18. The number of hydrogen-bond donors (Lipinski definition) is 1. The Balaban J connectivity index is 1.80. The summed E-state index contributed by atoms with van der Waals surface area (Å²) in [6.07, 6.45) is -2.48. The van der Waals surface area contributed by atoms with E-state index in [1.54, 1.807) is 0 Å². The monoisotopic (exact) mass is 247 g/mol. The van der Waals surface area contributed by atoms with Crippen molar-refractivity contribution in [2.24, 2.45) is 0 Å². The van der Waals surface area contributed by atoms with Crippen LogP contribution in [0.3, 0.4) is 0 Å². The molecule has 5 heteroatoms. The van der Waals surface area contributed by atoms with E-state index in [1.807, 2.05) is 36.4 Å². The molecular formula is C13H13NO4. The summed E-state index contributed by atoms with van der Waals surface area (Å²) in [6, 6.07) is 11.6. The molecule has 2 saturated heterocycles. The van der Waals surface area contributed by atoms with Gasteiger partial charge in [-0.25, -0.2) is 0 Å². The van der Waals surface area contributed by atoms with Crippen LogP contribution in [-0.4, -0.2) is 36.1 Å². The standard InChI is InChI=1S/C13H13NO4/c14-6-9-11-12(10(7-15)16-9)18-13(17-11)8-4-2-1-3-5-8/h1-5,9-13,15H,7H2. The van der Waals surface area contributed by atoms with Crippen molar-refractivity contribution in [3.63, 3.8) is 0 Å². The van der Waals surface area contributed by atoms with Gasteiger partial charge in [0.1, 0.15) is 18.3 Å². The maximum absolute atomic E-state index is 9.21. The van der Waals surface area contributed by atoms with Crippen molar-refractivity contribution >= 4 is 0 Å².